The van der Waals surface area contributed by atoms with Crippen molar-refractivity contribution < 1.29 is 0 Å². The Kier molecular flexibility index (Phi) is 2.34. The van der Waals surface area contributed by atoms with Gasteiger partial charge in [0.15, 0.2) is 5.65 Å². The average molecular weight is 244 g/mol. The fraction of sp³-hybridized carbons (Fsp3) is 0.0769. The fourth-order valence-electron chi connectivity index (χ4n) is 1.84. The Morgan fingerprint density at radius 2 is 2.06 bits per heavy atom. The van der Waals surface area contributed by atoms with Gasteiger partial charge in [-0.3, -0.25) is 0 Å². The van der Waals surface area contributed by atoms with E-state index in [0.717, 1.165) is 33.1 Å². The van der Waals surface area contributed by atoms with Crippen LogP contribution in [0.25, 0.3) is 22.6 Å². The minimum atomic E-state index is 0.724. The number of halogens is 1. The van der Waals surface area contributed by atoms with Crippen molar-refractivity contribution in [2.75, 3.05) is 0 Å². The molecule has 0 aliphatic rings. The Labute approximate surface area is 103 Å². The number of imidazole rings is 1. The first kappa shape index (κ1) is 10.3. The number of hydrogen-bond acceptors (Lipinski definition) is 2. The Morgan fingerprint density at radius 1 is 1.18 bits per heavy atom. The van der Waals surface area contributed by atoms with E-state index in [1.54, 1.807) is 6.20 Å². The summed E-state index contributed by atoms with van der Waals surface area (Å²) in [6.07, 6.45) is 1.73. The van der Waals surface area contributed by atoms with Crippen LogP contribution in [0, 0.1) is 6.92 Å². The molecule has 0 atom stereocenters. The van der Waals surface area contributed by atoms with Crippen molar-refractivity contribution >= 4 is 22.8 Å². The molecule has 0 aliphatic heterocycles. The zero-order chi connectivity index (χ0) is 11.8. The zero-order valence-electron chi connectivity index (χ0n) is 9.24. The molecular formula is C13H10ClN3. The molecule has 3 aromatic rings. The molecule has 1 N–H and O–H groups in total. The van der Waals surface area contributed by atoms with Crippen LogP contribution < -0.4 is 0 Å². The molecule has 0 bridgehead atoms. The molecule has 0 spiro atoms. The lowest BCUT2D eigenvalue weighted by molar-refractivity contribution is 1.28. The summed E-state index contributed by atoms with van der Waals surface area (Å²) in [4.78, 5) is 11.9. The minimum Gasteiger partial charge on any atom is -0.337 e. The second-order valence-corrected chi connectivity index (χ2v) is 4.28. The molecule has 84 valence electrons. The number of pyridine rings is 1. The Morgan fingerprint density at radius 3 is 2.88 bits per heavy atom. The first-order chi connectivity index (χ1) is 8.25. The second kappa shape index (κ2) is 3.86. The highest BCUT2D eigenvalue weighted by Gasteiger charge is 2.09. The van der Waals surface area contributed by atoms with Gasteiger partial charge in [-0.15, -0.1) is 0 Å². The molecule has 3 rings (SSSR count). The van der Waals surface area contributed by atoms with E-state index in [0.29, 0.717) is 0 Å². The van der Waals surface area contributed by atoms with Gasteiger partial charge in [0.25, 0.3) is 0 Å². The van der Waals surface area contributed by atoms with Gasteiger partial charge in [-0.2, -0.15) is 0 Å². The normalized spacial score (nSPS) is 10.9. The SMILES string of the molecule is Cc1c(Cl)cccc1-c1nc2ncccc2[nH]1. The van der Waals surface area contributed by atoms with Gasteiger partial charge in [-0.1, -0.05) is 23.7 Å². The third kappa shape index (κ3) is 1.68. The van der Waals surface area contributed by atoms with Crippen molar-refractivity contribution in [2.24, 2.45) is 0 Å². The lowest BCUT2D eigenvalue weighted by atomic mass is 10.1. The number of aromatic amines is 1. The van der Waals surface area contributed by atoms with Crippen molar-refractivity contribution in [3.05, 3.63) is 47.1 Å². The summed E-state index contributed by atoms with van der Waals surface area (Å²) in [6, 6.07) is 9.64. The molecule has 0 fully saturated rings. The Hall–Kier alpha value is -1.87. The van der Waals surface area contributed by atoms with Crippen LogP contribution in [0.3, 0.4) is 0 Å². The van der Waals surface area contributed by atoms with Gasteiger partial charge in [0.2, 0.25) is 0 Å². The quantitative estimate of drug-likeness (QED) is 0.710. The van der Waals surface area contributed by atoms with Crippen molar-refractivity contribution in [3.8, 4) is 11.4 Å². The predicted octanol–water partition coefficient (Wildman–Crippen LogP) is 3.59. The van der Waals surface area contributed by atoms with E-state index < -0.39 is 0 Å². The Bertz CT molecular complexity index is 655. The van der Waals surface area contributed by atoms with Crippen LogP contribution >= 0.6 is 11.6 Å². The number of fused-ring (bicyclic) bond motifs is 1. The van der Waals surface area contributed by atoms with Crippen LogP contribution in [0.4, 0.5) is 0 Å². The monoisotopic (exact) mass is 243 g/mol. The lowest BCUT2D eigenvalue weighted by Crippen LogP contribution is -1.86. The van der Waals surface area contributed by atoms with Gasteiger partial charge in [0.05, 0.1) is 5.52 Å². The predicted molar refractivity (Wildman–Crippen MR) is 69.1 cm³/mol. The van der Waals surface area contributed by atoms with Gasteiger partial charge in [-0.05, 0) is 30.7 Å². The van der Waals surface area contributed by atoms with Gasteiger partial charge in [0, 0.05) is 16.8 Å². The summed E-state index contributed by atoms with van der Waals surface area (Å²) >= 11 is 6.11. The van der Waals surface area contributed by atoms with Crippen LogP contribution in [0.1, 0.15) is 5.56 Å². The van der Waals surface area contributed by atoms with E-state index >= 15 is 0 Å². The maximum absolute atomic E-state index is 6.11. The molecule has 0 radical (unpaired) electrons. The third-order valence-electron chi connectivity index (χ3n) is 2.78. The molecular weight excluding hydrogens is 234 g/mol. The molecule has 0 saturated carbocycles. The van der Waals surface area contributed by atoms with E-state index in [4.69, 9.17) is 11.6 Å². The van der Waals surface area contributed by atoms with Crippen molar-refractivity contribution in [2.45, 2.75) is 6.92 Å². The first-order valence-corrected chi connectivity index (χ1v) is 5.70. The van der Waals surface area contributed by atoms with Gasteiger partial charge in [-0.25, -0.2) is 9.97 Å². The van der Waals surface area contributed by atoms with Crippen molar-refractivity contribution in [3.63, 3.8) is 0 Å². The number of aromatic nitrogens is 3. The number of H-pyrrole nitrogens is 1. The summed E-state index contributed by atoms with van der Waals surface area (Å²) in [5, 5.41) is 0.746. The molecule has 1 aromatic carbocycles. The molecule has 0 amide bonds. The standard InChI is InChI=1S/C13H10ClN3/c1-8-9(4-2-5-10(8)14)12-16-11-6-3-7-15-13(11)17-12/h2-7H,1H3,(H,15,16,17). The van der Waals surface area contributed by atoms with E-state index in [9.17, 15) is 0 Å². The molecule has 0 unspecified atom stereocenters. The van der Waals surface area contributed by atoms with Gasteiger partial charge >= 0.3 is 0 Å². The molecule has 4 heteroatoms. The number of hydrogen-bond donors (Lipinski definition) is 1. The van der Waals surface area contributed by atoms with E-state index in [2.05, 4.69) is 15.0 Å². The van der Waals surface area contributed by atoms with Crippen LogP contribution in [0.5, 0.6) is 0 Å². The molecule has 3 nitrogen and oxygen atoms in total. The van der Waals surface area contributed by atoms with Crippen LogP contribution in [-0.4, -0.2) is 15.0 Å². The summed E-state index contributed by atoms with van der Waals surface area (Å²) in [5.41, 5.74) is 3.69. The van der Waals surface area contributed by atoms with Crippen LogP contribution in [0.2, 0.25) is 5.02 Å². The average Bonchev–Trinajstić information content (AvgIpc) is 2.76. The molecule has 2 heterocycles. The summed E-state index contributed by atoms with van der Waals surface area (Å²) in [6.45, 7) is 1.98. The summed E-state index contributed by atoms with van der Waals surface area (Å²) in [5.74, 6) is 0.804. The molecule has 2 aromatic heterocycles. The molecule has 0 aliphatic carbocycles. The number of rotatable bonds is 1. The van der Waals surface area contributed by atoms with Crippen LogP contribution in [-0.2, 0) is 0 Å². The largest absolute Gasteiger partial charge is 0.337 e. The maximum atomic E-state index is 6.11. The number of nitrogens with one attached hydrogen (secondary N) is 1. The Balaban J connectivity index is 2.24. The van der Waals surface area contributed by atoms with Crippen LogP contribution in [0.15, 0.2) is 36.5 Å². The third-order valence-corrected chi connectivity index (χ3v) is 3.19. The minimum absolute atomic E-state index is 0.724. The van der Waals surface area contributed by atoms with Gasteiger partial charge < -0.3 is 4.98 Å². The van der Waals surface area contributed by atoms with Crippen molar-refractivity contribution in [1.29, 1.82) is 0 Å². The molecule has 0 saturated heterocycles. The smallest absolute Gasteiger partial charge is 0.178 e. The number of nitrogens with zero attached hydrogens (tertiary/aromatic N) is 2. The topological polar surface area (TPSA) is 41.6 Å². The second-order valence-electron chi connectivity index (χ2n) is 3.87. The molecule has 17 heavy (non-hydrogen) atoms. The highest BCUT2D eigenvalue weighted by atomic mass is 35.5. The van der Waals surface area contributed by atoms with E-state index in [1.165, 1.54) is 0 Å². The van der Waals surface area contributed by atoms with E-state index in [1.807, 2.05) is 37.3 Å². The zero-order valence-corrected chi connectivity index (χ0v) is 9.99. The number of benzene rings is 1. The first-order valence-electron chi connectivity index (χ1n) is 5.32. The summed E-state index contributed by atoms with van der Waals surface area (Å²) < 4.78 is 0. The maximum Gasteiger partial charge on any atom is 0.178 e. The lowest BCUT2D eigenvalue weighted by Gasteiger charge is -2.03. The highest BCUT2D eigenvalue weighted by molar-refractivity contribution is 6.31. The van der Waals surface area contributed by atoms with Gasteiger partial charge in [0.1, 0.15) is 5.82 Å². The van der Waals surface area contributed by atoms with Crippen molar-refractivity contribution in [1.82, 2.24) is 15.0 Å². The summed E-state index contributed by atoms with van der Waals surface area (Å²) in [7, 11) is 0. The highest BCUT2D eigenvalue weighted by Crippen LogP contribution is 2.27. The van der Waals surface area contributed by atoms with E-state index in [-0.39, 0.29) is 0 Å². The fourth-order valence-corrected chi connectivity index (χ4v) is 2.01.